The molecule has 0 aliphatic rings. The molecule has 0 unspecified atom stereocenters. The maximum Gasteiger partial charge on any atom is 0.453 e. The molecule has 0 radical (unpaired) electrons. The fourth-order valence-corrected chi connectivity index (χ4v) is 2.90. The van der Waals surface area contributed by atoms with Crippen molar-refractivity contribution in [2.24, 2.45) is 0 Å². The Bertz CT molecular complexity index is 1020. The largest absolute Gasteiger partial charge is 0.493 e. The van der Waals surface area contributed by atoms with Gasteiger partial charge >= 0.3 is 6.18 Å². The maximum absolute atomic E-state index is 13.2. The Labute approximate surface area is 164 Å². The molecule has 11 heteroatoms. The zero-order chi connectivity index (χ0) is 21.3. The van der Waals surface area contributed by atoms with E-state index in [1.165, 1.54) is 21.3 Å². The summed E-state index contributed by atoms with van der Waals surface area (Å²) in [6.07, 6.45) is -4.66. The highest BCUT2D eigenvalue weighted by atomic mass is 19.4. The van der Waals surface area contributed by atoms with Crippen molar-refractivity contribution < 1.29 is 27.4 Å². The molecule has 0 aliphatic heterocycles. The van der Waals surface area contributed by atoms with E-state index in [1.807, 2.05) is 0 Å². The van der Waals surface area contributed by atoms with E-state index in [2.05, 4.69) is 20.6 Å². The van der Waals surface area contributed by atoms with Gasteiger partial charge in [-0.1, -0.05) is 0 Å². The highest BCUT2D eigenvalue weighted by Gasteiger charge is 2.38. The minimum atomic E-state index is -4.66. The number of rotatable bonds is 6. The summed E-state index contributed by atoms with van der Waals surface area (Å²) in [5, 5.41) is 14.0. The minimum absolute atomic E-state index is 0.0631. The third-order valence-electron chi connectivity index (χ3n) is 4.53. The van der Waals surface area contributed by atoms with Crippen LogP contribution < -0.4 is 19.5 Å². The lowest BCUT2D eigenvalue weighted by atomic mass is 10.1. The summed E-state index contributed by atoms with van der Waals surface area (Å²) in [7, 11) is 4.51. The third-order valence-corrected chi connectivity index (χ3v) is 4.53. The van der Waals surface area contributed by atoms with Crippen LogP contribution in [0.15, 0.2) is 12.1 Å². The predicted octanol–water partition coefficient (Wildman–Crippen LogP) is 3.40. The molecule has 0 amide bonds. The smallest absolute Gasteiger partial charge is 0.453 e. The fourth-order valence-electron chi connectivity index (χ4n) is 2.90. The number of benzene rings is 1. The lowest BCUT2D eigenvalue weighted by molar-refractivity contribution is -0.146. The van der Waals surface area contributed by atoms with Crippen molar-refractivity contribution >= 4 is 11.5 Å². The van der Waals surface area contributed by atoms with E-state index in [1.54, 1.807) is 26.0 Å². The number of aromatic nitrogens is 4. The molecule has 3 aromatic rings. The highest BCUT2D eigenvalue weighted by Crippen LogP contribution is 2.38. The number of hydrogen-bond donors (Lipinski definition) is 1. The van der Waals surface area contributed by atoms with Gasteiger partial charge in [-0.15, -0.1) is 15.3 Å². The first-order valence-corrected chi connectivity index (χ1v) is 8.53. The molecule has 0 saturated carbocycles. The number of alkyl halides is 3. The standard InChI is InChI=1S/C18H20F3N5O3/c1-9-10(2)16-23-24-17(18(19,20)21)26(16)25-15(9)22-8-11-6-12(27-3)14(29-5)13(7-11)28-4/h6-7H,8H2,1-5H3,(H,22,25). The van der Waals surface area contributed by atoms with Crippen molar-refractivity contribution in [2.45, 2.75) is 26.6 Å². The predicted molar refractivity (Wildman–Crippen MR) is 98.7 cm³/mol. The number of anilines is 1. The number of methoxy groups -OCH3 is 3. The van der Waals surface area contributed by atoms with Crippen LogP contribution in [0.5, 0.6) is 17.2 Å². The summed E-state index contributed by atoms with van der Waals surface area (Å²) < 4.78 is 56.2. The fraction of sp³-hybridized carbons (Fsp3) is 0.389. The SMILES string of the molecule is COc1cc(CNc2nn3c(C(F)(F)F)nnc3c(C)c2C)cc(OC)c1OC. The monoisotopic (exact) mass is 411 g/mol. The van der Waals surface area contributed by atoms with Gasteiger partial charge in [0.05, 0.1) is 21.3 Å². The first kappa shape index (κ1) is 20.5. The van der Waals surface area contributed by atoms with Gasteiger partial charge in [-0.3, -0.25) is 0 Å². The summed E-state index contributed by atoms with van der Waals surface area (Å²) in [4.78, 5) is 0. The lowest BCUT2D eigenvalue weighted by Crippen LogP contribution is -2.15. The molecule has 3 rings (SSSR count). The van der Waals surface area contributed by atoms with Gasteiger partial charge < -0.3 is 19.5 Å². The van der Waals surface area contributed by atoms with Gasteiger partial charge in [0.1, 0.15) is 0 Å². The topological polar surface area (TPSA) is 82.8 Å². The first-order chi connectivity index (χ1) is 13.7. The molecule has 29 heavy (non-hydrogen) atoms. The van der Waals surface area contributed by atoms with Gasteiger partial charge in [0.25, 0.3) is 5.82 Å². The van der Waals surface area contributed by atoms with E-state index in [4.69, 9.17) is 14.2 Å². The van der Waals surface area contributed by atoms with Gasteiger partial charge in [0.2, 0.25) is 5.75 Å². The van der Waals surface area contributed by atoms with E-state index in [-0.39, 0.29) is 18.0 Å². The van der Waals surface area contributed by atoms with E-state index in [0.717, 1.165) is 5.56 Å². The van der Waals surface area contributed by atoms with Gasteiger partial charge in [0, 0.05) is 12.1 Å². The second-order valence-corrected chi connectivity index (χ2v) is 6.24. The molecule has 1 aromatic carbocycles. The van der Waals surface area contributed by atoms with E-state index < -0.39 is 12.0 Å². The molecule has 0 spiro atoms. The maximum atomic E-state index is 13.2. The van der Waals surface area contributed by atoms with Gasteiger partial charge in [-0.25, -0.2) is 0 Å². The van der Waals surface area contributed by atoms with Crippen molar-refractivity contribution in [3.8, 4) is 17.2 Å². The molecule has 0 bridgehead atoms. The summed E-state index contributed by atoms with van der Waals surface area (Å²) in [6.45, 7) is 3.69. The number of ether oxygens (including phenoxy) is 3. The van der Waals surface area contributed by atoms with Crippen LogP contribution in [0, 0.1) is 13.8 Å². The normalized spacial score (nSPS) is 11.6. The Morgan fingerprint density at radius 3 is 2.10 bits per heavy atom. The Morgan fingerprint density at radius 1 is 0.966 bits per heavy atom. The van der Waals surface area contributed by atoms with Crippen LogP contribution in [-0.2, 0) is 12.7 Å². The third kappa shape index (κ3) is 3.71. The second kappa shape index (κ2) is 7.64. The van der Waals surface area contributed by atoms with Crippen LogP contribution >= 0.6 is 0 Å². The van der Waals surface area contributed by atoms with E-state index in [9.17, 15) is 13.2 Å². The lowest BCUT2D eigenvalue weighted by Gasteiger charge is -2.16. The molecule has 2 heterocycles. The van der Waals surface area contributed by atoms with Crippen LogP contribution in [0.1, 0.15) is 22.5 Å². The van der Waals surface area contributed by atoms with Crippen LogP contribution in [0.3, 0.4) is 0 Å². The number of halogens is 3. The van der Waals surface area contributed by atoms with Crippen molar-refractivity contribution in [2.75, 3.05) is 26.6 Å². The van der Waals surface area contributed by atoms with Crippen LogP contribution in [0.25, 0.3) is 5.65 Å². The van der Waals surface area contributed by atoms with Gasteiger partial charge in [0.15, 0.2) is 23.0 Å². The first-order valence-electron chi connectivity index (χ1n) is 8.53. The highest BCUT2D eigenvalue weighted by molar-refractivity contribution is 5.59. The number of hydrogen-bond acceptors (Lipinski definition) is 7. The van der Waals surface area contributed by atoms with Crippen molar-refractivity contribution in [3.05, 3.63) is 34.6 Å². The Morgan fingerprint density at radius 2 is 1.59 bits per heavy atom. The number of nitrogens with one attached hydrogen (secondary N) is 1. The zero-order valence-corrected chi connectivity index (χ0v) is 16.5. The molecule has 156 valence electrons. The zero-order valence-electron chi connectivity index (χ0n) is 16.5. The molecule has 2 aromatic heterocycles. The number of nitrogens with zero attached hydrogens (tertiary/aromatic N) is 4. The molecule has 0 atom stereocenters. The van der Waals surface area contributed by atoms with E-state index >= 15 is 0 Å². The molecule has 8 nitrogen and oxygen atoms in total. The van der Waals surface area contributed by atoms with E-state index in [0.29, 0.717) is 32.9 Å². The average Bonchev–Trinajstić information content (AvgIpc) is 3.13. The minimum Gasteiger partial charge on any atom is -0.493 e. The molecular weight excluding hydrogens is 391 g/mol. The molecule has 1 N–H and O–H groups in total. The van der Waals surface area contributed by atoms with Crippen LogP contribution in [0.4, 0.5) is 19.0 Å². The van der Waals surface area contributed by atoms with Crippen molar-refractivity contribution in [3.63, 3.8) is 0 Å². The summed E-state index contributed by atoms with van der Waals surface area (Å²) >= 11 is 0. The van der Waals surface area contributed by atoms with Crippen LogP contribution in [0.2, 0.25) is 0 Å². The summed E-state index contributed by atoms with van der Waals surface area (Å²) in [6, 6.07) is 3.49. The van der Waals surface area contributed by atoms with Gasteiger partial charge in [-0.05, 0) is 37.1 Å². The molecular formula is C18H20F3N5O3. The average molecular weight is 411 g/mol. The second-order valence-electron chi connectivity index (χ2n) is 6.24. The molecule has 0 saturated heterocycles. The molecule has 0 fully saturated rings. The van der Waals surface area contributed by atoms with Crippen molar-refractivity contribution in [1.82, 2.24) is 19.8 Å². The molecule has 0 aliphatic carbocycles. The number of aryl methyl sites for hydroxylation is 1. The Balaban J connectivity index is 1.98. The number of fused-ring (bicyclic) bond motifs is 1. The van der Waals surface area contributed by atoms with Crippen molar-refractivity contribution in [1.29, 1.82) is 0 Å². The van der Waals surface area contributed by atoms with Gasteiger partial charge in [-0.2, -0.15) is 17.7 Å². The summed E-state index contributed by atoms with van der Waals surface area (Å²) in [5.74, 6) is 0.501. The summed E-state index contributed by atoms with van der Waals surface area (Å²) in [5.41, 5.74) is 2.05. The Hall–Kier alpha value is -3.24. The quantitative estimate of drug-likeness (QED) is 0.666. The Kier molecular flexibility index (Phi) is 5.40. The van der Waals surface area contributed by atoms with Crippen LogP contribution in [-0.4, -0.2) is 41.1 Å².